The molecule has 1 fully saturated rings. The zero-order valence-electron chi connectivity index (χ0n) is 11.1. The number of carbonyl (C=O) groups excluding carboxylic acids is 1. The molecule has 0 spiro atoms. The fourth-order valence-corrected chi connectivity index (χ4v) is 2.74. The summed E-state index contributed by atoms with van der Waals surface area (Å²) in [5, 5.41) is 9.41. The lowest BCUT2D eigenvalue weighted by Gasteiger charge is -2.38. The van der Waals surface area contributed by atoms with E-state index in [1.165, 1.54) is 6.26 Å². The van der Waals surface area contributed by atoms with Crippen molar-refractivity contribution in [3.05, 3.63) is 24.2 Å². The van der Waals surface area contributed by atoms with Crippen LogP contribution in [0.1, 0.15) is 43.2 Å². The zero-order chi connectivity index (χ0) is 13.9. The van der Waals surface area contributed by atoms with Gasteiger partial charge in [0, 0.05) is 13.1 Å². The highest BCUT2D eigenvalue weighted by molar-refractivity contribution is 5.91. The number of hydrogen-bond acceptors (Lipinski definition) is 3. The topological polar surface area (TPSA) is 70.8 Å². The van der Waals surface area contributed by atoms with E-state index in [0.29, 0.717) is 38.1 Å². The molecule has 2 rings (SSSR count). The Morgan fingerprint density at radius 3 is 2.58 bits per heavy atom. The molecule has 1 saturated heterocycles. The number of likely N-dealkylation sites (tertiary alicyclic amines) is 1. The van der Waals surface area contributed by atoms with Gasteiger partial charge in [-0.3, -0.25) is 9.59 Å². The molecule has 0 aromatic carbocycles. The van der Waals surface area contributed by atoms with Crippen LogP contribution in [0.4, 0.5) is 0 Å². The third-order valence-corrected chi connectivity index (χ3v) is 3.92. The van der Waals surface area contributed by atoms with Crippen molar-refractivity contribution in [1.29, 1.82) is 0 Å². The summed E-state index contributed by atoms with van der Waals surface area (Å²) in [7, 11) is 0. The molecule has 1 aromatic heterocycles. The van der Waals surface area contributed by atoms with Gasteiger partial charge in [0.15, 0.2) is 5.76 Å². The van der Waals surface area contributed by atoms with Crippen molar-refractivity contribution in [1.82, 2.24) is 4.90 Å². The highest BCUT2D eigenvalue weighted by Gasteiger charge is 2.41. The lowest BCUT2D eigenvalue weighted by Crippen LogP contribution is -2.46. The SMILES string of the molecule is CCCC1(C(=O)O)CCN(C(=O)c2ccco2)CC1. The number of carbonyl (C=O) groups is 2. The minimum atomic E-state index is -0.737. The van der Waals surface area contributed by atoms with Gasteiger partial charge >= 0.3 is 5.97 Å². The van der Waals surface area contributed by atoms with E-state index in [1.54, 1.807) is 17.0 Å². The number of piperidine rings is 1. The second-order valence-corrected chi connectivity index (χ2v) is 5.10. The Morgan fingerprint density at radius 2 is 2.11 bits per heavy atom. The summed E-state index contributed by atoms with van der Waals surface area (Å²) < 4.78 is 5.09. The van der Waals surface area contributed by atoms with Crippen molar-refractivity contribution in [2.75, 3.05) is 13.1 Å². The van der Waals surface area contributed by atoms with Crippen LogP contribution in [0.3, 0.4) is 0 Å². The highest BCUT2D eigenvalue weighted by Crippen LogP contribution is 2.36. The predicted octanol–water partition coefficient (Wildman–Crippen LogP) is 2.39. The molecule has 1 aliphatic heterocycles. The molecule has 2 heterocycles. The molecule has 5 heteroatoms. The second kappa shape index (κ2) is 5.47. The monoisotopic (exact) mass is 265 g/mol. The van der Waals surface area contributed by atoms with Crippen molar-refractivity contribution in [2.24, 2.45) is 5.41 Å². The van der Waals surface area contributed by atoms with E-state index >= 15 is 0 Å². The molecular formula is C14H19NO4. The van der Waals surface area contributed by atoms with Gasteiger partial charge in [0.25, 0.3) is 5.91 Å². The zero-order valence-corrected chi connectivity index (χ0v) is 11.1. The van der Waals surface area contributed by atoms with Crippen LogP contribution in [0.25, 0.3) is 0 Å². The molecule has 104 valence electrons. The fourth-order valence-electron chi connectivity index (χ4n) is 2.74. The summed E-state index contributed by atoms with van der Waals surface area (Å²) in [6, 6.07) is 3.31. The van der Waals surface area contributed by atoms with E-state index in [2.05, 4.69) is 0 Å². The number of hydrogen-bond donors (Lipinski definition) is 1. The first-order valence-corrected chi connectivity index (χ1v) is 6.65. The van der Waals surface area contributed by atoms with Crippen LogP contribution in [-0.4, -0.2) is 35.0 Å². The number of amides is 1. The number of furan rings is 1. The quantitative estimate of drug-likeness (QED) is 0.907. The van der Waals surface area contributed by atoms with Gasteiger partial charge in [-0.05, 0) is 31.4 Å². The number of aliphatic carboxylic acids is 1. The van der Waals surface area contributed by atoms with Crippen LogP contribution in [0.2, 0.25) is 0 Å². The van der Waals surface area contributed by atoms with Gasteiger partial charge in [-0.1, -0.05) is 13.3 Å². The van der Waals surface area contributed by atoms with Crippen molar-refractivity contribution >= 4 is 11.9 Å². The Labute approximate surface area is 112 Å². The summed E-state index contributed by atoms with van der Waals surface area (Å²) in [6.45, 7) is 2.95. The normalized spacial score (nSPS) is 18.3. The van der Waals surface area contributed by atoms with E-state index in [0.717, 1.165) is 6.42 Å². The van der Waals surface area contributed by atoms with Gasteiger partial charge in [0.2, 0.25) is 0 Å². The van der Waals surface area contributed by atoms with E-state index < -0.39 is 11.4 Å². The number of nitrogens with zero attached hydrogens (tertiary/aromatic N) is 1. The average molecular weight is 265 g/mol. The molecule has 1 aromatic rings. The second-order valence-electron chi connectivity index (χ2n) is 5.10. The molecule has 0 saturated carbocycles. The van der Waals surface area contributed by atoms with Crippen LogP contribution >= 0.6 is 0 Å². The first-order valence-electron chi connectivity index (χ1n) is 6.65. The van der Waals surface area contributed by atoms with Crippen LogP contribution in [0.15, 0.2) is 22.8 Å². The Morgan fingerprint density at radius 1 is 1.42 bits per heavy atom. The first-order chi connectivity index (χ1) is 9.09. The Kier molecular flexibility index (Phi) is 3.93. The maximum Gasteiger partial charge on any atom is 0.309 e. The molecule has 1 N–H and O–H groups in total. The molecule has 5 nitrogen and oxygen atoms in total. The molecule has 1 amide bonds. The van der Waals surface area contributed by atoms with Gasteiger partial charge < -0.3 is 14.4 Å². The number of carboxylic acids is 1. The summed E-state index contributed by atoms with van der Waals surface area (Å²) in [5.41, 5.74) is -0.658. The molecule has 0 aliphatic carbocycles. The maximum absolute atomic E-state index is 12.1. The predicted molar refractivity (Wildman–Crippen MR) is 68.8 cm³/mol. The Hall–Kier alpha value is -1.78. The van der Waals surface area contributed by atoms with Gasteiger partial charge in [0.05, 0.1) is 11.7 Å². The number of carboxylic acid groups (broad SMARTS) is 1. The minimum Gasteiger partial charge on any atom is -0.481 e. The molecular weight excluding hydrogens is 246 g/mol. The van der Waals surface area contributed by atoms with Crippen molar-refractivity contribution < 1.29 is 19.1 Å². The fraction of sp³-hybridized carbons (Fsp3) is 0.571. The summed E-state index contributed by atoms with van der Waals surface area (Å²) in [5.74, 6) is -0.571. The van der Waals surface area contributed by atoms with E-state index in [-0.39, 0.29) is 5.91 Å². The van der Waals surface area contributed by atoms with Crippen LogP contribution in [0, 0.1) is 5.41 Å². The van der Waals surface area contributed by atoms with E-state index in [1.807, 2.05) is 6.92 Å². The molecule has 0 unspecified atom stereocenters. The number of rotatable bonds is 4. The Balaban J connectivity index is 2.02. The lowest BCUT2D eigenvalue weighted by atomic mass is 9.75. The van der Waals surface area contributed by atoms with Gasteiger partial charge in [-0.25, -0.2) is 0 Å². The molecule has 0 radical (unpaired) electrons. The average Bonchev–Trinajstić information content (AvgIpc) is 2.93. The summed E-state index contributed by atoms with van der Waals surface area (Å²) in [4.78, 5) is 25.2. The van der Waals surface area contributed by atoms with Gasteiger partial charge in [-0.15, -0.1) is 0 Å². The van der Waals surface area contributed by atoms with Crippen molar-refractivity contribution in [3.63, 3.8) is 0 Å². The molecule has 19 heavy (non-hydrogen) atoms. The van der Waals surface area contributed by atoms with Crippen LogP contribution in [-0.2, 0) is 4.79 Å². The molecule has 0 atom stereocenters. The maximum atomic E-state index is 12.1. The lowest BCUT2D eigenvalue weighted by molar-refractivity contribution is -0.152. The van der Waals surface area contributed by atoms with Crippen LogP contribution < -0.4 is 0 Å². The van der Waals surface area contributed by atoms with Gasteiger partial charge in [0.1, 0.15) is 0 Å². The highest BCUT2D eigenvalue weighted by atomic mass is 16.4. The standard InChI is InChI=1S/C14H19NO4/c1-2-5-14(13(17)18)6-8-15(9-7-14)12(16)11-4-3-10-19-11/h3-4,10H,2,5-9H2,1H3,(H,17,18). The molecule has 0 bridgehead atoms. The smallest absolute Gasteiger partial charge is 0.309 e. The van der Waals surface area contributed by atoms with Gasteiger partial charge in [-0.2, -0.15) is 0 Å². The first kappa shape index (κ1) is 13.6. The van der Waals surface area contributed by atoms with E-state index in [4.69, 9.17) is 4.42 Å². The molecule has 1 aliphatic rings. The van der Waals surface area contributed by atoms with Crippen LogP contribution in [0.5, 0.6) is 0 Å². The van der Waals surface area contributed by atoms with Crippen molar-refractivity contribution in [3.8, 4) is 0 Å². The minimum absolute atomic E-state index is 0.152. The van der Waals surface area contributed by atoms with Crippen molar-refractivity contribution in [2.45, 2.75) is 32.6 Å². The van der Waals surface area contributed by atoms with E-state index in [9.17, 15) is 14.7 Å². The Bertz CT molecular complexity index is 444. The summed E-state index contributed by atoms with van der Waals surface area (Å²) in [6.07, 6.45) is 4.02. The summed E-state index contributed by atoms with van der Waals surface area (Å²) >= 11 is 0. The third kappa shape index (κ3) is 2.64. The largest absolute Gasteiger partial charge is 0.481 e. The third-order valence-electron chi connectivity index (χ3n) is 3.92.